The van der Waals surface area contributed by atoms with Crippen LogP contribution in [-0.4, -0.2) is 53.8 Å². The molecule has 0 spiro atoms. The Labute approximate surface area is 245 Å². The molecule has 0 radical (unpaired) electrons. The first kappa shape index (κ1) is 28.6. The minimum Gasteiger partial charge on any atom is -0.358 e. The van der Waals surface area contributed by atoms with E-state index in [1.807, 2.05) is 45.0 Å². The molecule has 0 aliphatic carbocycles. The Morgan fingerprint density at radius 1 is 1.07 bits per heavy atom. The van der Waals surface area contributed by atoms with E-state index in [1.165, 1.54) is 12.8 Å². The fourth-order valence-electron chi connectivity index (χ4n) is 5.66. The smallest absolute Gasteiger partial charge is 0.256 e. The normalized spacial score (nSPS) is 16.5. The van der Waals surface area contributed by atoms with Gasteiger partial charge in [0, 0.05) is 46.3 Å². The zero-order valence-corrected chi connectivity index (χ0v) is 24.5. The number of H-pyrrole nitrogens is 1. The Kier molecular flexibility index (Phi) is 8.61. The number of carbonyl (C=O) groups is 3. The molecule has 3 aromatic rings. The van der Waals surface area contributed by atoms with Crippen LogP contribution < -0.4 is 16.0 Å². The number of aromatic nitrogens is 1. The zero-order valence-electron chi connectivity index (χ0n) is 23.7. The molecule has 2 aliphatic heterocycles. The molecule has 1 fully saturated rings. The van der Waals surface area contributed by atoms with Crippen molar-refractivity contribution in [2.45, 2.75) is 46.1 Å². The summed E-state index contributed by atoms with van der Waals surface area (Å²) >= 11 is 6.03. The van der Waals surface area contributed by atoms with Gasteiger partial charge >= 0.3 is 0 Å². The molecule has 1 atom stereocenters. The van der Waals surface area contributed by atoms with E-state index in [-0.39, 0.29) is 23.8 Å². The van der Waals surface area contributed by atoms with Crippen molar-refractivity contribution < 1.29 is 14.4 Å². The largest absolute Gasteiger partial charge is 0.358 e. The van der Waals surface area contributed by atoms with Gasteiger partial charge < -0.3 is 25.8 Å². The minimum absolute atomic E-state index is 0.124. The molecule has 3 heterocycles. The molecule has 2 aliphatic rings. The molecular formula is C32H36ClN5O3. The topological polar surface area (TPSA) is 106 Å². The number of nitrogens with zero attached hydrogens (tertiary/aromatic N) is 1. The Hall–Kier alpha value is -3.88. The van der Waals surface area contributed by atoms with Crippen molar-refractivity contribution in [3.8, 4) is 0 Å². The van der Waals surface area contributed by atoms with Crippen molar-refractivity contribution in [1.82, 2.24) is 20.5 Å². The van der Waals surface area contributed by atoms with E-state index in [2.05, 4.69) is 25.8 Å². The molecule has 5 rings (SSSR count). The highest BCUT2D eigenvalue weighted by Crippen LogP contribution is 2.35. The van der Waals surface area contributed by atoms with Crippen LogP contribution in [0.4, 0.5) is 5.69 Å². The first-order valence-electron chi connectivity index (χ1n) is 14.2. The van der Waals surface area contributed by atoms with E-state index in [9.17, 15) is 14.4 Å². The SMILES string of the molecule is CCC(NC(=O)c1ccc2c(c1)C(=Cc1[nH]c(C)c(C(=O)NCCN3CCCC3)c1C)C(=O)N2)c1ccc(Cl)cc1. The Balaban J connectivity index is 1.34. The van der Waals surface area contributed by atoms with Crippen LogP contribution in [-0.2, 0) is 4.79 Å². The van der Waals surface area contributed by atoms with Gasteiger partial charge in [0.1, 0.15) is 0 Å². The van der Waals surface area contributed by atoms with Gasteiger partial charge in [-0.1, -0.05) is 30.7 Å². The molecule has 9 heteroatoms. The number of hydrogen-bond acceptors (Lipinski definition) is 4. The lowest BCUT2D eigenvalue weighted by molar-refractivity contribution is -0.110. The highest BCUT2D eigenvalue weighted by molar-refractivity contribution is 6.35. The van der Waals surface area contributed by atoms with Crippen LogP contribution in [0.15, 0.2) is 42.5 Å². The maximum absolute atomic E-state index is 13.2. The average molecular weight is 574 g/mol. The number of fused-ring (bicyclic) bond motifs is 1. The van der Waals surface area contributed by atoms with Crippen LogP contribution in [0.25, 0.3) is 11.6 Å². The van der Waals surface area contributed by atoms with Crippen LogP contribution in [0, 0.1) is 13.8 Å². The molecule has 0 bridgehead atoms. The number of nitrogens with one attached hydrogen (secondary N) is 4. The van der Waals surface area contributed by atoms with Crippen LogP contribution in [0.5, 0.6) is 0 Å². The number of carbonyl (C=O) groups excluding carboxylic acids is 3. The number of amides is 3. The van der Waals surface area contributed by atoms with Gasteiger partial charge in [-0.25, -0.2) is 0 Å². The number of rotatable bonds is 9. The van der Waals surface area contributed by atoms with Gasteiger partial charge in [-0.05, 0) is 93.7 Å². The van der Waals surface area contributed by atoms with Crippen LogP contribution in [0.1, 0.15) is 81.0 Å². The zero-order chi connectivity index (χ0) is 29.1. The number of likely N-dealkylation sites (tertiary alicyclic amines) is 1. The average Bonchev–Trinajstić information content (AvgIpc) is 3.65. The lowest BCUT2D eigenvalue weighted by Gasteiger charge is -2.18. The molecule has 41 heavy (non-hydrogen) atoms. The lowest BCUT2D eigenvalue weighted by Crippen LogP contribution is -2.33. The van der Waals surface area contributed by atoms with Crippen molar-refractivity contribution in [2.24, 2.45) is 0 Å². The second kappa shape index (κ2) is 12.3. The maximum atomic E-state index is 13.2. The third-order valence-corrected chi connectivity index (χ3v) is 8.21. The summed E-state index contributed by atoms with van der Waals surface area (Å²) in [5.41, 5.74) is 5.95. The molecule has 2 aromatic carbocycles. The number of aryl methyl sites for hydroxylation is 1. The van der Waals surface area contributed by atoms with Gasteiger partial charge in [0.15, 0.2) is 0 Å². The molecule has 3 amide bonds. The fourth-order valence-corrected chi connectivity index (χ4v) is 5.78. The van der Waals surface area contributed by atoms with E-state index < -0.39 is 0 Å². The van der Waals surface area contributed by atoms with E-state index in [0.29, 0.717) is 51.6 Å². The van der Waals surface area contributed by atoms with Crippen molar-refractivity contribution in [3.63, 3.8) is 0 Å². The molecule has 8 nitrogen and oxygen atoms in total. The second-order valence-electron chi connectivity index (χ2n) is 10.7. The summed E-state index contributed by atoms with van der Waals surface area (Å²) in [5.74, 6) is -0.608. The van der Waals surface area contributed by atoms with Crippen LogP contribution >= 0.6 is 11.6 Å². The number of anilines is 1. The quantitative estimate of drug-likeness (QED) is 0.254. The van der Waals surface area contributed by atoms with Crippen molar-refractivity contribution in [3.05, 3.63) is 86.7 Å². The van der Waals surface area contributed by atoms with Gasteiger partial charge in [-0.15, -0.1) is 0 Å². The van der Waals surface area contributed by atoms with Gasteiger partial charge in [-0.3, -0.25) is 14.4 Å². The molecular weight excluding hydrogens is 538 g/mol. The predicted octanol–water partition coefficient (Wildman–Crippen LogP) is 5.48. The highest BCUT2D eigenvalue weighted by Gasteiger charge is 2.27. The van der Waals surface area contributed by atoms with Crippen LogP contribution in [0.3, 0.4) is 0 Å². The molecule has 4 N–H and O–H groups in total. The Bertz CT molecular complexity index is 1500. The Morgan fingerprint density at radius 3 is 2.51 bits per heavy atom. The summed E-state index contributed by atoms with van der Waals surface area (Å²) in [7, 11) is 0. The van der Waals surface area contributed by atoms with Crippen molar-refractivity contribution >= 4 is 46.7 Å². The van der Waals surface area contributed by atoms with E-state index in [1.54, 1.807) is 24.3 Å². The number of aromatic amines is 1. The van der Waals surface area contributed by atoms with Gasteiger partial charge in [0.05, 0.1) is 17.2 Å². The van der Waals surface area contributed by atoms with Crippen LogP contribution in [0.2, 0.25) is 5.02 Å². The van der Waals surface area contributed by atoms with Gasteiger partial charge in [0.25, 0.3) is 17.7 Å². The summed E-state index contributed by atoms with van der Waals surface area (Å²) in [5, 5.41) is 9.66. The molecule has 1 saturated heterocycles. The van der Waals surface area contributed by atoms with Crippen molar-refractivity contribution in [1.29, 1.82) is 0 Å². The summed E-state index contributed by atoms with van der Waals surface area (Å²) in [6, 6.07) is 12.5. The summed E-state index contributed by atoms with van der Waals surface area (Å²) in [6.07, 6.45) is 4.90. The molecule has 1 aromatic heterocycles. The van der Waals surface area contributed by atoms with E-state index in [0.717, 1.165) is 36.5 Å². The summed E-state index contributed by atoms with van der Waals surface area (Å²) in [4.78, 5) is 44.9. The number of halogens is 1. The van der Waals surface area contributed by atoms with E-state index in [4.69, 9.17) is 11.6 Å². The molecule has 1 unspecified atom stereocenters. The maximum Gasteiger partial charge on any atom is 0.256 e. The minimum atomic E-state index is -0.256. The monoisotopic (exact) mass is 573 g/mol. The fraction of sp³-hybridized carbons (Fsp3) is 0.344. The van der Waals surface area contributed by atoms with Gasteiger partial charge in [0.2, 0.25) is 0 Å². The third kappa shape index (κ3) is 6.24. The number of benzene rings is 2. The highest BCUT2D eigenvalue weighted by atomic mass is 35.5. The molecule has 214 valence electrons. The lowest BCUT2D eigenvalue weighted by atomic mass is 10.0. The standard InChI is InChI=1S/C32H36ClN5O3/c1-4-26(21-7-10-23(33)11-8-21)36-30(39)22-9-12-27-24(17-22)25(31(40)37-27)18-28-19(2)29(20(3)35-28)32(41)34-13-16-38-14-5-6-15-38/h7-12,17-18,26,35H,4-6,13-16H2,1-3H3,(H,34,41)(H,36,39)(H,37,40). The summed E-state index contributed by atoms with van der Waals surface area (Å²) in [6.45, 7) is 9.36. The van der Waals surface area contributed by atoms with E-state index >= 15 is 0 Å². The second-order valence-corrected chi connectivity index (χ2v) is 11.2. The first-order chi connectivity index (χ1) is 19.7. The molecule has 0 saturated carbocycles. The third-order valence-electron chi connectivity index (χ3n) is 7.95. The number of hydrogen-bond donors (Lipinski definition) is 4. The Morgan fingerprint density at radius 2 is 1.80 bits per heavy atom. The first-order valence-corrected chi connectivity index (χ1v) is 14.6. The van der Waals surface area contributed by atoms with Gasteiger partial charge in [-0.2, -0.15) is 0 Å². The predicted molar refractivity (Wildman–Crippen MR) is 163 cm³/mol. The summed E-state index contributed by atoms with van der Waals surface area (Å²) < 4.78 is 0. The van der Waals surface area contributed by atoms with Crippen molar-refractivity contribution in [2.75, 3.05) is 31.5 Å².